The molecular formula is C15H13BrN4S. The molecule has 0 unspecified atom stereocenters. The molecule has 2 aromatic heterocycles. The summed E-state index contributed by atoms with van der Waals surface area (Å²) < 4.78 is 0.998. The van der Waals surface area contributed by atoms with E-state index < -0.39 is 0 Å². The monoisotopic (exact) mass is 360 g/mol. The standard InChI is InChI=1S/C15H13BrN4S/c1-10(11-5-4-8-17-9-11)21-15-18-14(19-20-15)12-6-2-3-7-13(12)16/h2-10H,1H3,(H,18,19,20)/t10-/m1/s1. The molecule has 106 valence electrons. The second kappa shape index (κ2) is 6.41. The number of rotatable bonds is 4. The molecule has 0 bridgehead atoms. The third kappa shape index (κ3) is 3.33. The first-order valence-electron chi connectivity index (χ1n) is 6.48. The summed E-state index contributed by atoms with van der Waals surface area (Å²) >= 11 is 5.14. The molecule has 0 saturated heterocycles. The fourth-order valence-corrected chi connectivity index (χ4v) is 3.22. The molecule has 0 amide bonds. The first-order valence-corrected chi connectivity index (χ1v) is 8.15. The van der Waals surface area contributed by atoms with Crippen LogP contribution in [0, 0.1) is 0 Å². The summed E-state index contributed by atoms with van der Waals surface area (Å²) in [5.74, 6) is 0.767. The van der Waals surface area contributed by atoms with Crippen molar-refractivity contribution in [2.45, 2.75) is 17.3 Å². The Morgan fingerprint density at radius 2 is 2.05 bits per heavy atom. The van der Waals surface area contributed by atoms with Gasteiger partial charge >= 0.3 is 0 Å². The smallest absolute Gasteiger partial charge is 0.209 e. The Labute approximate surface area is 135 Å². The molecule has 4 nitrogen and oxygen atoms in total. The fraction of sp³-hybridized carbons (Fsp3) is 0.133. The lowest BCUT2D eigenvalue weighted by Crippen LogP contribution is -1.90. The highest BCUT2D eigenvalue weighted by Crippen LogP contribution is 2.33. The predicted octanol–water partition coefficient (Wildman–Crippen LogP) is 4.48. The third-order valence-corrected chi connectivity index (χ3v) is 4.74. The number of hydrogen-bond donors (Lipinski definition) is 1. The zero-order chi connectivity index (χ0) is 14.7. The predicted molar refractivity (Wildman–Crippen MR) is 88.0 cm³/mol. The van der Waals surface area contributed by atoms with E-state index in [1.165, 1.54) is 0 Å². The van der Waals surface area contributed by atoms with Crippen LogP contribution in [-0.2, 0) is 0 Å². The van der Waals surface area contributed by atoms with Gasteiger partial charge in [0, 0.05) is 27.7 Å². The second-order valence-electron chi connectivity index (χ2n) is 4.49. The van der Waals surface area contributed by atoms with Crippen molar-refractivity contribution in [3.8, 4) is 11.4 Å². The number of H-pyrrole nitrogens is 1. The first-order chi connectivity index (χ1) is 10.2. The number of thioether (sulfide) groups is 1. The fourth-order valence-electron chi connectivity index (χ4n) is 1.92. The molecule has 0 fully saturated rings. The summed E-state index contributed by atoms with van der Waals surface area (Å²) in [6.45, 7) is 2.12. The lowest BCUT2D eigenvalue weighted by Gasteiger charge is -2.07. The zero-order valence-corrected chi connectivity index (χ0v) is 13.7. The molecule has 3 rings (SSSR count). The van der Waals surface area contributed by atoms with Crippen LogP contribution in [0.4, 0.5) is 0 Å². The van der Waals surface area contributed by atoms with Crippen molar-refractivity contribution in [1.29, 1.82) is 0 Å². The van der Waals surface area contributed by atoms with Gasteiger partial charge in [-0.15, -0.1) is 5.10 Å². The van der Waals surface area contributed by atoms with Gasteiger partial charge in [0.1, 0.15) is 0 Å². The van der Waals surface area contributed by atoms with Gasteiger partial charge in [-0.2, -0.15) is 0 Å². The van der Waals surface area contributed by atoms with E-state index in [1.807, 2.05) is 36.5 Å². The van der Waals surface area contributed by atoms with Crippen molar-refractivity contribution in [1.82, 2.24) is 20.2 Å². The topological polar surface area (TPSA) is 54.5 Å². The van der Waals surface area contributed by atoms with E-state index in [4.69, 9.17) is 0 Å². The van der Waals surface area contributed by atoms with Crippen molar-refractivity contribution in [3.05, 3.63) is 58.8 Å². The van der Waals surface area contributed by atoms with E-state index in [2.05, 4.69) is 49.1 Å². The number of hydrogen-bond acceptors (Lipinski definition) is 4. The number of nitrogens with one attached hydrogen (secondary N) is 1. The van der Waals surface area contributed by atoms with Gasteiger partial charge in [-0.3, -0.25) is 10.1 Å². The molecule has 1 N–H and O–H groups in total. The quantitative estimate of drug-likeness (QED) is 0.696. The maximum absolute atomic E-state index is 4.55. The van der Waals surface area contributed by atoms with Gasteiger partial charge in [0.25, 0.3) is 0 Å². The Morgan fingerprint density at radius 1 is 1.19 bits per heavy atom. The van der Waals surface area contributed by atoms with Crippen molar-refractivity contribution in [2.75, 3.05) is 0 Å². The van der Waals surface area contributed by atoms with E-state index in [-0.39, 0.29) is 5.25 Å². The van der Waals surface area contributed by atoms with Crippen LogP contribution in [0.15, 0.2) is 58.4 Å². The number of aromatic amines is 1. The molecule has 0 spiro atoms. The Morgan fingerprint density at radius 3 is 2.81 bits per heavy atom. The average Bonchev–Trinajstić information content (AvgIpc) is 2.97. The number of benzene rings is 1. The van der Waals surface area contributed by atoms with Gasteiger partial charge in [0.05, 0.1) is 0 Å². The first kappa shape index (κ1) is 14.3. The number of aromatic nitrogens is 4. The maximum atomic E-state index is 4.55. The van der Waals surface area contributed by atoms with Crippen molar-refractivity contribution in [3.63, 3.8) is 0 Å². The van der Waals surface area contributed by atoms with Crippen LogP contribution in [0.2, 0.25) is 0 Å². The Hall–Kier alpha value is -1.66. The summed E-state index contributed by atoms with van der Waals surface area (Å²) in [7, 11) is 0. The molecule has 1 atom stereocenters. The van der Waals surface area contributed by atoms with Crippen LogP contribution in [0.1, 0.15) is 17.7 Å². The van der Waals surface area contributed by atoms with Crippen LogP contribution in [-0.4, -0.2) is 20.2 Å². The summed E-state index contributed by atoms with van der Waals surface area (Å²) in [5.41, 5.74) is 2.17. The normalized spacial score (nSPS) is 12.3. The lowest BCUT2D eigenvalue weighted by molar-refractivity contribution is 0.958. The Balaban J connectivity index is 1.78. The lowest BCUT2D eigenvalue weighted by atomic mass is 10.2. The van der Waals surface area contributed by atoms with Crippen LogP contribution < -0.4 is 0 Å². The minimum atomic E-state index is 0.251. The Bertz CT molecular complexity index is 729. The van der Waals surface area contributed by atoms with Gasteiger partial charge in [0.15, 0.2) is 5.82 Å². The minimum Gasteiger partial charge on any atom is -0.264 e. The molecule has 6 heteroatoms. The summed E-state index contributed by atoms with van der Waals surface area (Å²) in [6, 6.07) is 12.0. The molecule has 21 heavy (non-hydrogen) atoms. The number of halogens is 1. The molecular weight excluding hydrogens is 348 g/mol. The molecule has 1 aromatic carbocycles. The number of nitrogens with zero attached hydrogens (tertiary/aromatic N) is 3. The van der Waals surface area contributed by atoms with Gasteiger partial charge < -0.3 is 0 Å². The molecule has 0 radical (unpaired) electrons. The van der Waals surface area contributed by atoms with Gasteiger partial charge in [-0.25, -0.2) is 4.98 Å². The zero-order valence-electron chi connectivity index (χ0n) is 11.3. The van der Waals surface area contributed by atoms with Crippen molar-refractivity contribution >= 4 is 27.7 Å². The molecule has 0 aliphatic carbocycles. The summed E-state index contributed by atoms with van der Waals surface area (Å²) in [6.07, 6.45) is 3.65. The second-order valence-corrected chi connectivity index (χ2v) is 6.66. The van der Waals surface area contributed by atoms with E-state index in [9.17, 15) is 0 Å². The maximum Gasteiger partial charge on any atom is 0.209 e. The van der Waals surface area contributed by atoms with Crippen LogP contribution in [0.3, 0.4) is 0 Å². The molecule has 0 aliphatic heterocycles. The van der Waals surface area contributed by atoms with E-state index in [0.29, 0.717) is 0 Å². The highest BCUT2D eigenvalue weighted by atomic mass is 79.9. The molecule has 3 aromatic rings. The van der Waals surface area contributed by atoms with Crippen molar-refractivity contribution < 1.29 is 0 Å². The van der Waals surface area contributed by atoms with Crippen LogP contribution >= 0.6 is 27.7 Å². The van der Waals surface area contributed by atoms with E-state index >= 15 is 0 Å². The average molecular weight is 361 g/mol. The molecule has 0 aliphatic rings. The van der Waals surface area contributed by atoms with Gasteiger partial charge in [-0.1, -0.05) is 52.0 Å². The van der Waals surface area contributed by atoms with E-state index in [0.717, 1.165) is 26.6 Å². The highest BCUT2D eigenvalue weighted by Gasteiger charge is 2.13. The van der Waals surface area contributed by atoms with E-state index in [1.54, 1.807) is 18.0 Å². The molecule has 0 saturated carbocycles. The summed E-state index contributed by atoms with van der Waals surface area (Å²) in [4.78, 5) is 8.70. The van der Waals surface area contributed by atoms with Crippen molar-refractivity contribution in [2.24, 2.45) is 0 Å². The van der Waals surface area contributed by atoms with Gasteiger partial charge in [0.2, 0.25) is 5.16 Å². The molecule has 2 heterocycles. The third-order valence-electron chi connectivity index (χ3n) is 3.03. The largest absolute Gasteiger partial charge is 0.264 e. The van der Waals surface area contributed by atoms with Gasteiger partial charge in [-0.05, 0) is 24.6 Å². The summed E-state index contributed by atoms with van der Waals surface area (Å²) in [5, 5.41) is 8.26. The number of pyridine rings is 1. The minimum absolute atomic E-state index is 0.251. The Kier molecular flexibility index (Phi) is 4.36. The SMILES string of the molecule is C[C@@H](Sc1n[nH]c(-c2ccccc2Br)n1)c1cccnc1. The van der Waals surface area contributed by atoms with Crippen LogP contribution in [0.25, 0.3) is 11.4 Å². The highest BCUT2D eigenvalue weighted by molar-refractivity contribution is 9.10. The van der Waals surface area contributed by atoms with Crippen LogP contribution in [0.5, 0.6) is 0 Å².